The van der Waals surface area contributed by atoms with E-state index < -0.39 is 0 Å². The Morgan fingerprint density at radius 2 is 1.81 bits per heavy atom. The monoisotopic (exact) mass is 216 g/mol. The zero-order valence-corrected chi connectivity index (χ0v) is 10.7. The maximum absolute atomic E-state index is 2.38. The SMILES string of the molecule is CC/C=C/C(CCCCC)c1ccccc1. The van der Waals surface area contributed by atoms with Crippen LogP contribution in [0.2, 0.25) is 0 Å². The average molecular weight is 216 g/mol. The number of rotatable bonds is 7. The minimum Gasteiger partial charge on any atom is -0.0882 e. The topological polar surface area (TPSA) is 0 Å². The molecule has 0 N–H and O–H groups in total. The molecule has 88 valence electrons. The van der Waals surface area contributed by atoms with Crippen molar-refractivity contribution in [2.75, 3.05) is 0 Å². The van der Waals surface area contributed by atoms with Gasteiger partial charge in [-0.25, -0.2) is 0 Å². The van der Waals surface area contributed by atoms with Gasteiger partial charge >= 0.3 is 0 Å². The molecule has 0 aliphatic carbocycles. The van der Waals surface area contributed by atoms with Gasteiger partial charge in [-0.05, 0) is 18.4 Å². The minimum absolute atomic E-state index is 0.618. The van der Waals surface area contributed by atoms with Crippen LogP contribution in [-0.4, -0.2) is 0 Å². The Bertz CT molecular complexity index is 284. The van der Waals surface area contributed by atoms with Crippen molar-refractivity contribution >= 4 is 0 Å². The summed E-state index contributed by atoms with van der Waals surface area (Å²) in [5, 5.41) is 0. The largest absolute Gasteiger partial charge is 0.0882 e. The smallest absolute Gasteiger partial charge is 0.00179 e. The van der Waals surface area contributed by atoms with Crippen molar-refractivity contribution < 1.29 is 0 Å². The van der Waals surface area contributed by atoms with Crippen molar-refractivity contribution in [3.05, 3.63) is 48.0 Å². The number of hydrogen-bond donors (Lipinski definition) is 0. The second-order valence-corrected chi connectivity index (χ2v) is 4.35. The van der Waals surface area contributed by atoms with Crippen LogP contribution in [0.1, 0.15) is 57.4 Å². The highest BCUT2D eigenvalue weighted by atomic mass is 14.1. The molecule has 0 nitrogen and oxygen atoms in total. The standard InChI is InChI=1S/C16H24/c1-3-5-8-12-15(11-6-4-2)16-13-9-7-10-14-16/h6-7,9-11,13-15H,3-5,8,12H2,1-2H3/b11-6+. The molecule has 0 saturated heterocycles. The van der Waals surface area contributed by atoms with Crippen molar-refractivity contribution in [2.45, 2.75) is 51.9 Å². The van der Waals surface area contributed by atoms with Crippen LogP contribution in [0, 0.1) is 0 Å². The highest BCUT2D eigenvalue weighted by Gasteiger charge is 2.06. The van der Waals surface area contributed by atoms with E-state index in [1.54, 1.807) is 0 Å². The predicted molar refractivity (Wildman–Crippen MR) is 72.8 cm³/mol. The molecular formula is C16H24. The van der Waals surface area contributed by atoms with E-state index in [-0.39, 0.29) is 0 Å². The molecule has 0 fully saturated rings. The van der Waals surface area contributed by atoms with E-state index in [0.717, 1.165) is 6.42 Å². The van der Waals surface area contributed by atoms with Gasteiger partial charge in [0, 0.05) is 5.92 Å². The number of benzene rings is 1. The first-order valence-corrected chi connectivity index (χ1v) is 6.60. The maximum Gasteiger partial charge on any atom is 0.00179 e. The van der Waals surface area contributed by atoms with Gasteiger partial charge in [-0.2, -0.15) is 0 Å². The maximum atomic E-state index is 2.38. The van der Waals surface area contributed by atoms with E-state index in [4.69, 9.17) is 0 Å². The first-order valence-electron chi connectivity index (χ1n) is 6.60. The lowest BCUT2D eigenvalue weighted by atomic mass is 9.92. The van der Waals surface area contributed by atoms with Crippen LogP contribution < -0.4 is 0 Å². The summed E-state index contributed by atoms with van der Waals surface area (Å²) in [4.78, 5) is 0. The van der Waals surface area contributed by atoms with Crippen LogP contribution in [0.3, 0.4) is 0 Å². The normalized spacial score (nSPS) is 13.1. The molecule has 0 saturated carbocycles. The Labute approximate surface area is 100 Å². The van der Waals surface area contributed by atoms with Crippen LogP contribution in [-0.2, 0) is 0 Å². The summed E-state index contributed by atoms with van der Waals surface area (Å²) in [7, 11) is 0. The fraction of sp³-hybridized carbons (Fsp3) is 0.500. The van der Waals surface area contributed by atoms with E-state index >= 15 is 0 Å². The summed E-state index contributed by atoms with van der Waals surface area (Å²) in [6, 6.07) is 10.9. The van der Waals surface area contributed by atoms with Gasteiger partial charge in [-0.3, -0.25) is 0 Å². The summed E-state index contributed by atoms with van der Waals surface area (Å²) in [6.45, 7) is 4.46. The van der Waals surface area contributed by atoms with Crippen LogP contribution >= 0.6 is 0 Å². The van der Waals surface area contributed by atoms with Crippen LogP contribution in [0.4, 0.5) is 0 Å². The van der Waals surface area contributed by atoms with E-state index in [9.17, 15) is 0 Å². The van der Waals surface area contributed by atoms with Crippen molar-refractivity contribution in [1.82, 2.24) is 0 Å². The highest BCUT2D eigenvalue weighted by molar-refractivity contribution is 5.23. The molecule has 0 bridgehead atoms. The lowest BCUT2D eigenvalue weighted by Crippen LogP contribution is -1.95. The van der Waals surface area contributed by atoms with Crippen LogP contribution in [0.15, 0.2) is 42.5 Å². The molecule has 1 aromatic rings. The molecule has 0 heterocycles. The van der Waals surface area contributed by atoms with E-state index in [1.807, 2.05) is 0 Å². The molecule has 1 atom stereocenters. The molecule has 0 aliphatic rings. The summed E-state index contributed by atoms with van der Waals surface area (Å²) in [5.41, 5.74) is 1.46. The van der Waals surface area contributed by atoms with Crippen molar-refractivity contribution in [3.63, 3.8) is 0 Å². The van der Waals surface area contributed by atoms with Gasteiger partial charge in [-0.1, -0.05) is 75.6 Å². The Morgan fingerprint density at radius 1 is 1.06 bits per heavy atom. The van der Waals surface area contributed by atoms with Gasteiger partial charge in [-0.15, -0.1) is 0 Å². The summed E-state index contributed by atoms with van der Waals surface area (Å²) < 4.78 is 0. The zero-order valence-electron chi connectivity index (χ0n) is 10.7. The lowest BCUT2D eigenvalue weighted by Gasteiger charge is -2.12. The Kier molecular flexibility index (Phi) is 6.64. The Morgan fingerprint density at radius 3 is 2.44 bits per heavy atom. The van der Waals surface area contributed by atoms with Crippen LogP contribution in [0.5, 0.6) is 0 Å². The first kappa shape index (κ1) is 13.0. The summed E-state index contributed by atoms with van der Waals surface area (Å²) in [5.74, 6) is 0.618. The van der Waals surface area contributed by atoms with Crippen molar-refractivity contribution in [1.29, 1.82) is 0 Å². The van der Waals surface area contributed by atoms with Gasteiger partial charge in [0.05, 0.1) is 0 Å². The van der Waals surface area contributed by atoms with E-state index in [2.05, 4.69) is 56.3 Å². The zero-order chi connectivity index (χ0) is 11.6. The number of unbranched alkanes of at least 4 members (excludes halogenated alkanes) is 2. The van der Waals surface area contributed by atoms with E-state index in [1.165, 1.54) is 31.2 Å². The number of hydrogen-bond acceptors (Lipinski definition) is 0. The average Bonchev–Trinajstić information content (AvgIpc) is 2.35. The molecule has 1 rings (SSSR count). The molecule has 1 unspecified atom stereocenters. The van der Waals surface area contributed by atoms with Gasteiger partial charge in [0.1, 0.15) is 0 Å². The van der Waals surface area contributed by atoms with Crippen LogP contribution in [0.25, 0.3) is 0 Å². The fourth-order valence-electron chi connectivity index (χ4n) is 1.99. The molecule has 16 heavy (non-hydrogen) atoms. The third-order valence-electron chi connectivity index (χ3n) is 2.95. The minimum atomic E-state index is 0.618. The van der Waals surface area contributed by atoms with Crippen molar-refractivity contribution in [3.8, 4) is 0 Å². The molecular weight excluding hydrogens is 192 g/mol. The lowest BCUT2D eigenvalue weighted by molar-refractivity contribution is 0.627. The Hall–Kier alpha value is -1.04. The van der Waals surface area contributed by atoms with Crippen molar-refractivity contribution in [2.24, 2.45) is 0 Å². The molecule has 0 heteroatoms. The third kappa shape index (κ3) is 4.65. The molecule has 0 aliphatic heterocycles. The summed E-state index contributed by atoms with van der Waals surface area (Å²) >= 11 is 0. The second-order valence-electron chi connectivity index (χ2n) is 4.35. The molecule has 0 spiro atoms. The van der Waals surface area contributed by atoms with Gasteiger partial charge in [0.2, 0.25) is 0 Å². The molecule has 0 aromatic heterocycles. The fourth-order valence-corrected chi connectivity index (χ4v) is 1.99. The van der Waals surface area contributed by atoms with Gasteiger partial charge in [0.15, 0.2) is 0 Å². The van der Waals surface area contributed by atoms with E-state index in [0.29, 0.717) is 5.92 Å². The number of allylic oxidation sites excluding steroid dienone is 2. The van der Waals surface area contributed by atoms with Gasteiger partial charge in [0.25, 0.3) is 0 Å². The molecule has 0 amide bonds. The predicted octanol–water partition coefficient (Wildman–Crippen LogP) is 5.32. The first-order chi connectivity index (χ1) is 7.88. The quantitative estimate of drug-likeness (QED) is 0.427. The van der Waals surface area contributed by atoms with Gasteiger partial charge < -0.3 is 0 Å². The summed E-state index contributed by atoms with van der Waals surface area (Å²) in [6.07, 6.45) is 11.1. The molecule has 0 radical (unpaired) electrons. The third-order valence-corrected chi connectivity index (χ3v) is 2.95. The second kappa shape index (κ2) is 8.15. The Balaban J connectivity index is 2.60. The highest BCUT2D eigenvalue weighted by Crippen LogP contribution is 2.23. The molecule has 1 aromatic carbocycles.